The summed E-state index contributed by atoms with van der Waals surface area (Å²) in [4.78, 5) is 17.4. The van der Waals surface area contributed by atoms with Crippen molar-refractivity contribution >= 4 is 23.5 Å². The highest BCUT2D eigenvalue weighted by Crippen LogP contribution is 2.20. The summed E-state index contributed by atoms with van der Waals surface area (Å²) in [5.74, 6) is 0.815. The number of carbonyl (C=O) groups is 1. The Morgan fingerprint density at radius 3 is 2.65 bits per heavy atom. The molecule has 0 saturated carbocycles. The summed E-state index contributed by atoms with van der Waals surface area (Å²) in [7, 11) is 3.45. The summed E-state index contributed by atoms with van der Waals surface area (Å²) in [6.45, 7) is 5.46. The Morgan fingerprint density at radius 1 is 1.59 bits per heavy atom. The number of aromatic nitrogens is 2. The van der Waals surface area contributed by atoms with E-state index in [1.54, 1.807) is 17.9 Å². The Kier molecular flexibility index (Phi) is 4.03. The van der Waals surface area contributed by atoms with E-state index in [-0.39, 0.29) is 0 Å². The molecule has 1 amide bonds. The fraction of sp³-hybridized carbons (Fsp3) is 0.636. The third-order valence-corrected chi connectivity index (χ3v) is 2.40. The lowest BCUT2D eigenvalue weighted by molar-refractivity contribution is 0.0588. The predicted octanol–water partition coefficient (Wildman–Crippen LogP) is 2.53. The monoisotopic (exact) mass is 259 g/mol. The van der Waals surface area contributed by atoms with E-state index >= 15 is 0 Å². The number of hydrogen-bond acceptors (Lipinski definition) is 3. The van der Waals surface area contributed by atoms with Gasteiger partial charge in [-0.2, -0.15) is 0 Å². The number of ether oxygens (including phenoxy) is 1. The van der Waals surface area contributed by atoms with Crippen molar-refractivity contribution in [2.75, 3.05) is 11.9 Å². The highest BCUT2D eigenvalue weighted by molar-refractivity contribution is 6.17. The van der Waals surface area contributed by atoms with Crippen LogP contribution in [0.4, 0.5) is 10.6 Å². The number of carbonyl (C=O) groups excluding carboxylic acids is 1. The van der Waals surface area contributed by atoms with Gasteiger partial charge >= 0.3 is 6.09 Å². The third-order valence-electron chi connectivity index (χ3n) is 2.15. The first-order valence-electron chi connectivity index (χ1n) is 5.29. The van der Waals surface area contributed by atoms with E-state index in [9.17, 15) is 4.79 Å². The Hall–Kier alpha value is -1.23. The van der Waals surface area contributed by atoms with Gasteiger partial charge in [0.2, 0.25) is 0 Å². The summed E-state index contributed by atoms with van der Waals surface area (Å²) < 4.78 is 7.04. The molecule has 0 N–H and O–H groups in total. The largest absolute Gasteiger partial charge is 0.443 e. The molecule has 0 saturated heterocycles. The second-order valence-electron chi connectivity index (χ2n) is 4.80. The molecular weight excluding hydrogens is 242 g/mol. The fourth-order valence-corrected chi connectivity index (χ4v) is 1.60. The number of amides is 1. The van der Waals surface area contributed by atoms with Crippen LogP contribution in [0, 0.1) is 0 Å². The maximum atomic E-state index is 11.8. The van der Waals surface area contributed by atoms with Crippen LogP contribution in [0.15, 0.2) is 6.33 Å². The molecule has 0 radical (unpaired) electrons. The first kappa shape index (κ1) is 13.8. The van der Waals surface area contributed by atoms with Crippen LogP contribution in [-0.4, -0.2) is 28.3 Å². The molecule has 0 bridgehead atoms. The molecule has 0 spiro atoms. The topological polar surface area (TPSA) is 47.4 Å². The van der Waals surface area contributed by atoms with Crippen molar-refractivity contribution in [3.05, 3.63) is 12.0 Å². The molecule has 0 aliphatic rings. The molecule has 1 rings (SSSR count). The van der Waals surface area contributed by atoms with Gasteiger partial charge < -0.3 is 9.30 Å². The number of halogens is 1. The average Bonchev–Trinajstić information content (AvgIpc) is 2.55. The maximum absolute atomic E-state index is 11.8. The Balaban J connectivity index is 2.89. The molecule has 0 atom stereocenters. The highest BCUT2D eigenvalue weighted by atomic mass is 35.5. The number of nitrogens with zero attached hydrogens (tertiary/aromatic N) is 3. The van der Waals surface area contributed by atoms with Gasteiger partial charge in [-0.25, -0.2) is 9.78 Å². The second kappa shape index (κ2) is 4.96. The van der Waals surface area contributed by atoms with Crippen LogP contribution in [-0.2, 0) is 17.7 Å². The maximum Gasteiger partial charge on any atom is 0.415 e. The van der Waals surface area contributed by atoms with Crippen molar-refractivity contribution in [3.63, 3.8) is 0 Å². The lowest BCUT2D eigenvalue weighted by Crippen LogP contribution is -2.34. The van der Waals surface area contributed by atoms with Gasteiger partial charge in [0, 0.05) is 14.1 Å². The summed E-state index contributed by atoms with van der Waals surface area (Å²) in [5, 5.41) is 0. The predicted molar refractivity (Wildman–Crippen MR) is 67.4 cm³/mol. The molecule has 1 aromatic rings. The number of aryl methyl sites for hydroxylation is 1. The van der Waals surface area contributed by atoms with Crippen LogP contribution in [0.2, 0.25) is 0 Å². The Morgan fingerprint density at radius 2 is 2.18 bits per heavy atom. The smallest absolute Gasteiger partial charge is 0.415 e. The Labute approximate surface area is 106 Å². The zero-order valence-electron chi connectivity index (χ0n) is 10.8. The molecule has 1 heterocycles. The summed E-state index contributed by atoms with van der Waals surface area (Å²) in [5.41, 5.74) is 0.251. The van der Waals surface area contributed by atoms with Crippen LogP contribution in [0.3, 0.4) is 0 Å². The van der Waals surface area contributed by atoms with Crippen LogP contribution in [0.25, 0.3) is 0 Å². The van der Waals surface area contributed by atoms with E-state index in [1.165, 1.54) is 4.90 Å². The molecular formula is C11H18ClN3O2. The number of imidazole rings is 1. The standard InChI is InChI=1S/C11H18ClN3O2/c1-11(2,3)17-10(16)15(5)9-8(6-12)14(4)7-13-9/h7H,6H2,1-5H3. The van der Waals surface area contributed by atoms with E-state index < -0.39 is 11.7 Å². The zero-order chi connectivity index (χ0) is 13.2. The minimum Gasteiger partial charge on any atom is -0.443 e. The normalized spacial score (nSPS) is 11.4. The van der Waals surface area contributed by atoms with Gasteiger partial charge in [0.1, 0.15) is 5.60 Å². The van der Waals surface area contributed by atoms with Gasteiger partial charge in [-0.15, -0.1) is 11.6 Å². The SMILES string of the molecule is CN(C(=O)OC(C)(C)C)c1ncn(C)c1CCl. The van der Waals surface area contributed by atoms with E-state index in [0.717, 1.165) is 5.69 Å². The molecule has 17 heavy (non-hydrogen) atoms. The van der Waals surface area contributed by atoms with Gasteiger partial charge in [0.15, 0.2) is 5.82 Å². The molecule has 6 heteroatoms. The molecule has 96 valence electrons. The van der Waals surface area contributed by atoms with Gasteiger partial charge in [0.05, 0.1) is 17.9 Å². The quantitative estimate of drug-likeness (QED) is 0.767. The lowest BCUT2D eigenvalue weighted by atomic mass is 10.2. The second-order valence-corrected chi connectivity index (χ2v) is 5.07. The average molecular weight is 260 g/mol. The van der Waals surface area contributed by atoms with Crippen LogP contribution in [0.5, 0.6) is 0 Å². The van der Waals surface area contributed by atoms with E-state index in [2.05, 4.69) is 4.98 Å². The minimum atomic E-state index is -0.527. The summed E-state index contributed by atoms with van der Waals surface area (Å²) in [6, 6.07) is 0. The molecule has 0 aromatic carbocycles. The Bertz CT molecular complexity index is 409. The minimum absolute atomic E-state index is 0.291. The first-order chi connectivity index (χ1) is 7.76. The summed E-state index contributed by atoms with van der Waals surface area (Å²) >= 11 is 5.82. The summed E-state index contributed by atoms with van der Waals surface area (Å²) in [6.07, 6.45) is 1.18. The van der Waals surface area contributed by atoms with Gasteiger partial charge in [-0.3, -0.25) is 4.90 Å². The molecule has 1 aromatic heterocycles. The number of rotatable bonds is 2. The van der Waals surface area contributed by atoms with Crippen molar-refractivity contribution in [2.45, 2.75) is 32.3 Å². The fourth-order valence-electron chi connectivity index (χ4n) is 1.29. The van der Waals surface area contributed by atoms with Crippen molar-refractivity contribution < 1.29 is 9.53 Å². The van der Waals surface area contributed by atoms with Crippen molar-refractivity contribution in [1.29, 1.82) is 0 Å². The van der Waals surface area contributed by atoms with E-state index in [1.807, 2.05) is 27.8 Å². The van der Waals surface area contributed by atoms with Crippen LogP contribution < -0.4 is 4.90 Å². The van der Waals surface area contributed by atoms with Crippen molar-refractivity contribution in [2.24, 2.45) is 7.05 Å². The number of anilines is 1. The van der Waals surface area contributed by atoms with E-state index in [4.69, 9.17) is 16.3 Å². The van der Waals surface area contributed by atoms with Gasteiger partial charge in [0.25, 0.3) is 0 Å². The van der Waals surface area contributed by atoms with Crippen LogP contribution >= 0.6 is 11.6 Å². The first-order valence-corrected chi connectivity index (χ1v) is 5.82. The highest BCUT2D eigenvalue weighted by Gasteiger charge is 2.23. The number of alkyl halides is 1. The van der Waals surface area contributed by atoms with Crippen LogP contribution in [0.1, 0.15) is 26.5 Å². The molecule has 0 aliphatic heterocycles. The zero-order valence-corrected chi connectivity index (χ0v) is 11.6. The molecule has 0 aliphatic carbocycles. The number of hydrogen-bond donors (Lipinski definition) is 0. The van der Waals surface area contributed by atoms with Gasteiger partial charge in [-0.05, 0) is 20.8 Å². The molecule has 5 nitrogen and oxygen atoms in total. The molecule has 0 fully saturated rings. The van der Waals surface area contributed by atoms with Crippen molar-refractivity contribution in [1.82, 2.24) is 9.55 Å². The molecule has 0 unspecified atom stereocenters. The van der Waals surface area contributed by atoms with E-state index in [0.29, 0.717) is 11.7 Å². The lowest BCUT2D eigenvalue weighted by Gasteiger charge is -2.24. The van der Waals surface area contributed by atoms with Gasteiger partial charge in [-0.1, -0.05) is 0 Å². The third kappa shape index (κ3) is 3.36. The van der Waals surface area contributed by atoms with Crippen molar-refractivity contribution in [3.8, 4) is 0 Å².